The average Bonchev–Trinajstić information content (AvgIpc) is 2.74. The Bertz CT molecular complexity index is 734. The third-order valence-electron chi connectivity index (χ3n) is 2.84. The van der Waals surface area contributed by atoms with Crippen LogP contribution in [0.3, 0.4) is 0 Å². The van der Waals surface area contributed by atoms with Gasteiger partial charge in [-0.15, -0.1) is 11.3 Å². The third-order valence-corrected chi connectivity index (χ3v) is 5.44. The second-order valence-electron chi connectivity index (χ2n) is 4.01. The van der Waals surface area contributed by atoms with E-state index in [1.165, 1.54) is 21.2 Å². The van der Waals surface area contributed by atoms with E-state index in [1.807, 2.05) is 12.1 Å². The fourth-order valence-electron chi connectivity index (χ4n) is 1.98. The molecule has 0 aliphatic rings. The molecule has 0 amide bonds. The molecule has 0 saturated heterocycles. The molecule has 0 saturated carbocycles. The molecule has 0 atom stereocenters. The number of rotatable bonds is 1. The Labute approximate surface area is 126 Å². The lowest BCUT2D eigenvalue weighted by Gasteiger charge is -2.05. The van der Waals surface area contributed by atoms with E-state index in [2.05, 4.69) is 61.5 Å². The molecule has 0 aliphatic heterocycles. The van der Waals surface area contributed by atoms with E-state index in [1.54, 1.807) is 11.3 Å². The first-order valence-electron chi connectivity index (χ1n) is 5.38. The van der Waals surface area contributed by atoms with Crippen molar-refractivity contribution in [2.24, 2.45) is 0 Å². The van der Waals surface area contributed by atoms with E-state index in [9.17, 15) is 0 Å². The van der Waals surface area contributed by atoms with Crippen LogP contribution in [0.1, 0.15) is 0 Å². The van der Waals surface area contributed by atoms with Gasteiger partial charge in [-0.25, -0.2) is 0 Å². The Morgan fingerprint density at radius 1 is 0.944 bits per heavy atom. The van der Waals surface area contributed by atoms with Crippen molar-refractivity contribution in [2.75, 3.05) is 5.73 Å². The minimum Gasteiger partial charge on any atom is -0.399 e. The van der Waals surface area contributed by atoms with Crippen LogP contribution in [0.4, 0.5) is 5.69 Å². The van der Waals surface area contributed by atoms with E-state index in [0.29, 0.717) is 0 Å². The maximum absolute atomic E-state index is 5.78. The van der Waals surface area contributed by atoms with Crippen molar-refractivity contribution >= 4 is 59.0 Å². The van der Waals surface area contributed by atoms with Gasteiger partial charge in [0.25, 0.3) is 0 Å². The summed E-state index contributed by atoms with van der Waals surface area (Å²) in [5, 5.41) is 3.45. The molecule has 0 radical (unpaired) electrons. The van der Waals surface area contributed by atoms with Crippen LogP contribution in [-0.2, 0) is 0 Å². The number of hydrogen-bond acceptors (Lipinski definition) is 2. The van der Waals surface area contributed by atoms with Gasteiger partial charge in [-0.3, -0.25) is 0 Å². The summed E-state index contributed by atoms with van der Waals surface area (Å²) in [5.74, 6) is 0. The summed E-state index contributed by atoms with van der Waals surface area (Å²) < 4.78 is 3.45. The van der Waals surface area contributed by atoms with Crippen molar-refractivity contribution in [3.8, 4) is 11.1 Å². The number of thiophene rings is 1. The molecule has 1 aromatic heterocycles. The maximum Gasteiger partial charge on any atom is 0.0491 e. The number of nitrogens with two attached hydrogens (primary N) is 1. The van der Waals surface area contributed by atoms with E-state index in [-0.39, 0.29) is 0 Å². The highest BCUT2D eigenvalue weighted by atomic mass is 79.9. The van der Waals surface area contributed by atoms with Gasteiger partial charge in [0.05, 0.1) is 0 Å². The summed E-state index contributed by atoms with van der Waals surface area (Å²) in [7, 11) is 0. The van der Waals surface area contributed by atoms with Crippen LogP contribution in [0, 0.1) is 0 Å². The Morgan fingerprint density at radius 2 is 1.78 bits per heavy atom. The van der Waals surface area contributed by atoms with Gasteiger partial charge in [0, 0.05) is 30.3 Å². The van der Waals surface area contributed by atoms with Gasteiger partial charge in [-0.2, -0.15) is 0 Å². The average molecular weight is 383 g/mol. The lowest BCUT2D eigenvalue weighted by molar-refractivity contribution is 1.62. The number of benzene rings is 2. The molecular formula is C14H9Br2NS. The van der Waals surface area contributed by atoms with Crippen LogP contribution in [0.25, 0.3) is 21.2 Å². The van der Waals surface area contributed by atoms with Gasteiger partial charge in [0.2, 0.25) is 0 Å². The summed E-state index contributed by atoms with van der Waals surface area (Å²) in [4.78, 5) is 0. The maximum atomic E-state index is 5.78. The summed E-state index contributed by atoms with van der Waals surface area (Å²) in [5.41, 5.74) is 8.97. The molecule has 1 heterocycles. The molecule has 0 aliphatic carbocycles. The number of nitrogen functional groups attached to an aromatic ring is 1. The highest BCUT2D eigenvalue weighted by Crippen LogP contribution is 2.40. The van der Waals surface area contributed by atoms with Crippen molar-refractivity contribution in [3.63, 3.8) is 0 Å². The summed E-state index contributed by atoms with van der Waals surface area (Å²) in [6.07, 6.45) is 0. The van der Waals surface area contributed by atoms with E-state index in [4.69, 9.17) is 5.73 Å². The number of fused-ring (bicyclic) bond motifs is 1. The molecule has 3 aromatic rings. The number of hydrogen-bond donors (Lipinski definition) is 1. The minimum absolute atomic E-state index is 0.770. The second-order valence-corrected chi connectivity index (χ2v) is 6.59. The molecular weight excluding hydrogens is 374 g/mol. The zero-order valence-corrected chi connectivity index (χ0v) is 13.3. The molecule has 0 fully saturated rings. The van der Waals surface area contributed by atoms with Crippen LogP contribution in [0.5, 0.6) is 0 Å². The fourth-order valence-corrected chi connectivity index (χ4v) is 4.21. The monoisotopic (exact) mass is 381 g/mol. The summed E-state index contributed by atoms with van der Waals surface area (Å²) in [6, 6.07) is 12.2. The normalized spacial score (nSPS) is 11.0. The van der Waals surface area contributed by atoms with Crippen LogP contribution in [0.2, 0.25) is 0 Å². The SMILES string of the molecule is Nc1ccc(-c2csc3c(Br)cccc23)c(Br)c1. The summed E-state index contributed by atoms with van der Waals surface area (Å²) >= 11 is 8.93. The molecule has 3 rings (SSSR count). The van der Waals surface area contributed by atoms with Gasteiger partial charge < -0.3 is 5.73 Å². The minimum atomic E-state index is 0.770. The topological polar surface area (TPSA) is 26.0 Å². The Morgan fingerprint density at radius 3 is 2.56 bits per heavy atom. The van der Waals surface area contributed by atoms with Crippen LogP contribution >= 0.6 is 43.2 Å². The van der Waals surface area contributed by atoms with Crippen molar-refractivity contribution in [1.82, 2.24) is 0 Å². The molecule has 1 nitrogen and oxygen atoms in total. The Balaban J connectivity index is 2.29. The molecule has 2 aromatic carbocycles. The first kappa shape index (κ1) is 12.2. The van der Waals surface area contributed by atoms with Gasteiger partial charge >= 0.3 is 0 Å². The van der Waals surface area contributed by atoms with E-state index < -0.39 is 0 Å². The lowest BCUT2D eigenvalue weighted by Crippen LogP contribution is -1.85. The van der Waals surface area contributed by atoms with Gasteiger partial charge in [-0.05, 0) is 45.1 Å². The third kappa shape index (κ3) is 1.98. The Kier molecular flexibility index (Phi) is 3.18. The van der Waals surface area contributed by atoms with Gasteiger partial charge in [0.15, 0.2) is 0 Å². The predicted octanol–water partition coefficient (Wildman–Crippen LogP) is 5.68. The predicted molar refractivity (Wildman–Crippen MR) is 87.1 cm³/mol. The first-order chi connectivity index (χ1) is 8.66. The molecule has 4 heteroatoms. The van der Waals surface area contributed by atoms with Crippen LogP contribution in [-0.4, -0.2) is 0 Å². The lowest BCUT2D eigenvalue weighted by atomic mass is 10.0. The summed E-state index contributed by atoms with van der Waals surface area (Å²) in [6.45, 7) is 0. The van der Waals surface area contributed by atoms with Gasteiger partial charge in [0.1, 0.15) is 0 Å². The molecule has 0 spiro atoms. The first-order valence-corrected chi connectivity index (χ1v) is 7.84. The van der Waals surface area contributed by atoms with E-state index in [0.717, 1.165) is 14.6 Å². The zero-order chi connectivity index (χ0) is 12.7. The van der Waals surface area contributed by atoms with Crippen molar-refractivity contribution in [3.05, 3.63) is 50.7 Å². The second kappa shape index (κ2) is 4.68. The largest absolute Gasteiger partial charge is 0.399 e. The molecule has 90 valence electrons. The quantitative estimate of drug-likeness (QED) is 0.538. The Hall–Kier alpha value is -0.840. The fraction of sp³-hybridized carbons (Fsp3) is 0. The molecule has 0 unspecified atom stereocenters. The van der Waals surface area contributed by atoms with E-state index >= 15 is 0 Å². The van der Waals surface area contributed by atoms with Gasteiger partial charge in [-0.1, -0.05) is 34.1 Å². The van der Waals surface area contributed by atoms with Crippen molar-refractivity contribution in [1.29, 1.82) is 0 Å². The number of halogens is 2. The molecule has 2 N–H and O–H groups in total. The smallest absolute Gasteiger partial charge is 0.0491 e. The van der Waals surface area contributed by atoms with Crippen LogP contribution < -0.4 is 5.73 Å². The standard InChI is InChI=1S/C14H9Br2NS/c15-12-3-1-2-10-11(7-18-14(10)12)9-5-4-8(17)6-13(9)16/h1-7H,17H2. The molecule has 18 heavy (non-hydrogen) atoms. The molecule has 0 bridgehead atoms. The van der Waals surface area contributed by atoms with Crippen molar-refractivity contribution in [2.45, 2.75) is 0 Å². The highest BCUT2D eigenvalue weighted by Gasteiger charge is 2.11. The zero-order valence-electron chi connectivity index (χ0n) is 9.28. The number of anilines is 1. The van der Waals surface area contributed by atoms with Crippen LogP contribution in [0.15, 0.2) is 50.7 Å². The highest BCUT2D eigenvalue weighted by molar-refractivity contribution is 9.11. The van der Waals surface area contributed by atoms with Crippen molar-refractivity contribution < 1.29 is 0 Å².